The molecule has 21 heavy (non-hydrogen) atoms. The van der Waals surface area contributed by atoms with E-state index < -0.39 is 17.8 Å². The summed E-state index contributed by atoms with van der Waals surface area (Å²) in [5.74, 6) is -1.86. The minimum Gasteiger partial charge on any atom is -0.481 e. The third-order valence-electron chi connectivity index (χ3n) is 4.83. The van der Waals surface area contributed by atoms with Crippen molar-refractivity contribution in [2.45, 2.75) is 38.6 Å². The molecule has 1 amide bonds. The van der Waals surface area contributed by atoms with E-state index in [4.69, 9.17) is 0 Å². The molecule has 1 fully saturated rings. The molecule has 0 spiro atoms. The maximum absolute atomic E-state index is 12.6. The van der Waals surface area contributed by atoms with E-state index in [0.717, 1.165) is 19.5 Å². The van der Waals surface area contributed by atoms with Crippen molar-refractivity contribution in [3.8, 4) is 0 Å². The van der Waals surface area contributed by atoms with E-state index in [1.807, 2.05) is 19.2 Å². The molecular formula is C16H26N2O3. The fourth-order valence-electron chi connectivity index (χ4n) is 3.57. The summed E-state index contributed by atoms with van der Waals surface area (Å²) in [4.78, 5) is 28.1. The van der Waals surface area contributed by atoms with Crippen LogP contribution in [0.25, 0.3) is 0 Å². The Labute approximate surface area is 126 Å². The highest BCUT2D eigenvalue weighted by molar-refractivity contribution is 5.85. The van der Waals surface area contributed by atoms with Crippen LogP contribution in [0.4, 0.5) is 0 Å². The van der Waals surface area contributed by atoms with Gasteiger partial charge in [0.2, 0.25) is 5.91 Å². The average molecular weight is 294 g/mol. The minimum absolute atomic E-state index is 0.0188. The lowest BCUT2D eigenvalue weighted by Crippen LogP contribution is -2.45. The number of likely N-dealkylation sites (tertiary alicyclic amines) is 1. The molecule has 0 saturated carbocycles. The molecule has 0 aromatic rings. The Balaban J connectivity index is 1.98. The van der Waals surface area contributed by atoms with E-state index in [9.17, 15) is 14.7 Å². The Morgan fingerprint density at radius 1 is 1.29 bits per heavy atom. The molecule has 1 saturated heterocycles. The van der Waals surface area contributed by atoms with E-state index in [1.54, 1.807) is 4.90 Å². The Morgan fingerprint density at radius 3 is 2.57 bits per heavy atom. The molecule has 1 aliphatic carbocycles. The van der Waals surface area contributed by atoms with Gasteiger partial charge in [0.1, 0.15) is 0 Å². The Bertz CT molecular complexity index is 422. The van der Waals surface area contributed by atoms with Gasteiger partial charge in [-0.3, -0.25) is 14.5 Å². The van der Waals surface area contributed by atoms with Gasteiger partial charge in [-0.25, -0.2) is 0 Å². The van der Waals surface area contributed by atoms with Gasteiger partial charge in [0.15, 0.2) is 0 Å². The number of hydrogen-bond acceptors (Lipinski definition) is 3. The van der Waals surface area contributed by atoms with Gasteiger partial charge in [-0.05, 0) is 38.8 Å². The number of hydrogen-bond donors (Lipinski definition) is 1. The number of nitrogens with zero attached hydrogens (tertiary/aromatic N) is 2. The van der Waals surface area contributed by atoms with Gasteiger partial charge in [0.25, 0.3) is 0 Å². The molecule has 1 unspecified atom stereocenters. The minimum atomic E-state index is -0.859. The van der Waals surface area contributed by atoms with Gasteiger partial charge >= 0.3 is 5.97 Å². The zero-order valence-electron chi connectivity index (χ0n) is 13.0. The molecule has 5 nitrogen and oxygen atoms in total. The fraction of sp³-hybridized carbons (Fsp3) is 0.750. The Kier molecular flexibility index (Phi) is 5.39. The molecule has 0 aromatic carbocycles. The van der Waals surface area contributed by atoms with E-state index in [1.165, 1.54) is 6.42 Å². The lowest BCUT2D eigenvalue weighted by molar-refractivity contribution is -0.150. The zero-order chi connectivity index (χ0) is 15.4. The fourth-order valence-corrected chi connectivity index (χ4v) is 3.57. The number of carbonyl (C=O) groups excluding carboxylic acids is 1. The van der Waals surface area contributed by atoms with E-state index >= 15 is 0 Å². The van der Waals surface area contributed by atoms with E-state index in [2.05, 4.69) is 11.8 Å². The summed E-state index contributed by atoms with van der Waals surface area (Å²) in [7, 11) is 1.81. The van der Waals surface area contributed by atoms with Gasteiger partial charge < -0.3 is 10.0 Å². The number of likely N-dealkylation sites (N-methyl/N-ethyl adjacent to an activating group) is 2. The summed E-state index contributed by atoms with van der Waals surface area (Å²) in [5.41, 5.74) is 0. The number of carboxylic acid groups (broad SMARTS) is 1. The largest absolute Gasteiger partial charge is 0.481 e. The standard InChI is InChI=1S/C16H26N2O3/c1-3-18-10-6-7-12(18)11-17(2)15(19)13-8-4-5-9-14(13)16(20)21/h4-5,12-14H,3,6-11H2,1-2H3,(H,20,21)/t12?,13-,14+/m1/s1. The van der Waals surface area contributed by atoms with Crippen LogP contribution < -0.4 is 0 Å². The van der Waals surface area contributed by atoms with Gasteiger partial charge in [0.05, 0.1) is 11.8 Å². The topological polar surface area (TPSA) is 60.9 Å². The molecule has 2 rings (SSSR count). The second kappa shape index (κ2) is 7.07. The second-order valence-corrected chi connectivity index (χ2v) is 6.14. The maximum atomic E-state index is 12.6. The predicted octanol–water partition coefficient (Wildman–Crippen LogP) is 1.60. The SMILES string of the molecule is CCN1CCCC1CN(C)C(=O)[C@@H]1CC=CC[C@@H]1C(=O)O. The van der Waals surface area contributed by atoms with Crippen LogP contribution in [0.3, 0.4) is 0 Å². The van der Waals surface area contributed by atoms with Crippen LogP contribution in [0.5, 0.6) is 0 Å². The van der Waals surface area contributed by atoms with Gasteiger partial charge in [-0.15, -0.1) is 0 Å². The lowest BCUT2D eigenvalue weighted by Gasteiger charge is -2.32. The van der Waals surface area contributed by atoms with Crippen molar-refractivity contribution in [3.05, 3.63) is 12.2 Å². The first-order chi connectivity index (χ1) is 10.0. The summed E-state index contributed by atoms with van der Waals surface area (Å²) >= 11 is 0. The molecule has 1 aliphatic heterocycles. The van der Waals surface area contributed by atoms with Crippen LogP contribution in [0, 0.1) is 11.8 Å². The van der Waals surface area contributed by atoms with Crippen LogP contribution in [-0.4, -0.2) is 59.5 Å². The summed E-state index contributed by atoms with van der Waals surface area (Å²) < 4.78 is 0. The molecule has 1 N–H and O–H groups in total. The third-order valence-corrected chi connectivity index (χ3v) is 4.83. The molecule has 1 heterocycles. The van der Waals surface area contributed by atoms with E-state index in [0.29, 0.717) is 25.4 Å². The normalized spacial score (nSPS) is 29.5. The molecule has 0 aromatic heterocycles. The summed E-state index contributed by atoms with van der Waals surface area (Å²) in [5, 5.41) is 9.29. The molecule has 0 bridgehead atoms. The highest BCUT2D eigenvalue weighted by atomic mass is 16.4. The molecule has 3 atom stereocenters. The van der Waals surface area contributed by atoms with Crippen molar-refractivity contribution in [2.75, 3.05) is 26.7 Å². The van der Waals surface area contributed by atoms with Crippen LogP contribution in [0.2, 0.25) is 0 Å². The van der Waals surface area contributed by atoms with Crippen molar-refractivity contribution in [3.63, 3.8) is 0 Å². The summed E-state index contributed by atoms with van der Waals surface area (Å²) in [6.45, 7) is 4.97. The van der Waals surface area contributed by atoms with Crippen LogP contribution >= 0.6 is 0 Å². The van der Waals surface area contributed by atoms with Crippen molar-refractivity contribution >= 4 is 11.9 Å². The Morgan fingerprint density at radius 2 is 1.95 bits per heavy atom. The van der Waals surface area contributed by atoms with Gasteiger partial charge in [0, 0.05) is 19.6 Å². The Hall–Kier alpha value is -1.36. The quantitative estimate of drug-likeness (QED) is 0.782. The average Bonchev–Trinajstić information content (AvgIpc) is 2.93. The van der Waals surface area contributed by atoms with Crippen molar-refractivity contribution < 1.29 is 14.7 Å². The first-order valence-electron chi connectivity index (χ1n) is 7.91. The number of aliphatic carboxylic acids is 1. The van der Waals surface area contributed by atoms with Gasteiger partial charge in [-0.2, -0.15) is 0 Å². The first kappa shape index (κ1) is 16.0. The van der Waals surface area contributed by atoms with Crippen LogP contribution in [0.1, 0.15) is 32.6 Å². The maximum Gasteiger partial charge on any atom is 0.307 e. The zero-order valence-corrected chi connectivity index (χ0v) is 13.0. The molecule has 5 heteroatoms. The molecule has 2 aliphatic rings. The summed E-state index contributed by atoms with van der Waals surface area (Å²) in [6.07, 6.45) is 7.12. The summed E-state index contributed by atoms with van der Waals surface area (Å²) in [6, 6.07) is 0.423. The van der Waals surface area contributed by atoms with Crippen molar-refractivity contribution in [1.29, 1.82) is 0 Å². The van der Waals surface area contributed by atoms with Crippen LogP contribution in [0.15, 0.2) is 12.2 Å². The number of amides is 1. The number of rotatable bonds is 5. The monoisotopic (exact) mass is 294 g/mol. The highest BCUT2D eigenvalue weighted by Crippen LogP contribution is 2.28. The van der Waals surface area contributed by atoms with Crippen molar-refractivity contribution in [2.24, 2.45) is 11.8 Å². The predicted molar refractivity (Wildman–Crippen MR) is 80.9 cm³/mol. The van der Waals surface area contributed by atoms with Gasteiger partial charge in [-0.1, -0.05) is 19.1 Å². The van der Waals surface area contributed by atoms with Crippen LogP contribution in [-0.2, 0) is 9.59 Å². The smallest absolute Gasteiger partial charge is 0.307 e. The third kappa shape index (κ3) is 3.64. The second-order valence-electron chi connectivity index (χ2n) is 6.14. The highest BCUT2D eigenvalue weighted by Gasteiger charge is 2.36. The lowest BCUT2D eigenvalue weighted by atomic mass is 9.82. The number of allylic oxidation sites excluding steroid dienone is 2. The van der Waals surface area contributed by atoms with Crippen molar-refractivity contribution in [1.82, 2.24) is 9.80 Å². The first-order valence-corrected chi connectivity index (χ1v) is 7.91. The molecule has 118 valence electrons. The molecule has 0 radical (unpaired) electrons. The number of carbonyl (C=O) groups is 2. The number of carboxylic acids is 1. The van der Waals surface area contributed by atoms with E-state index in [-0.39, 0.29) is 5.91 Å². The molecular weight excluding hydrogens is 268 g/mol.